The van der Waals surface area contributed by atoms with Crippen LogP contribution in [0.3, 0.4) is 0 Å². The zero-order valence-corrected chi connectivity index (χ0v) is 6.89. The second-order valence-corrected chi connectivity index (χ2v) is 3.01. The summed E-state index contributed by atoms with van der Waals surface area (Å²) in [5.41, 5.74) is 10.6. The molecule has 0 aromatic rings. The van der Waals surface area contributed by atoms with E-state index in [9.17, 15) is 10.2 Å². The minimum Gasteiger partial charge on any atom is -0.388 e. The van der Waals surface area contributed by atoms with Crippen molar-refractivity contribution in [2.75, 3.05) is 13.1 Å². The lowest BCUT2D eigenvalue weighted by atomic mass is 10.1. The lowest BCUT2D eigenvalue weighted by molar-refractivity contribution is 0.00962. The van der Waals surface area contributed by atoms with E-state index in [1.165, 1.54) is 0 Å². The predicted octanol–water partition coefficient (Wildman–Crippen LogP) is -2.22. The largest absolute Gasteiger partial charge is 0.388 e. The van der Waals surface area contributed by atoms with Crippen molar-refractivity contribution in [1.82, 2.24) is 0 Å². The fourth-order valence-corrected chi connectivity index (χ4v) is 1.42. The molecule has 72 valence electrons. The lowest BCUT2D eigenvalue weighted by Gasteiger charge is -2.12. The fraction of sp³-hybridized carbons (Fsp3) is 1.00. The van der Waals surface area contributed by atoms with Gasteiger partial charge >= 0.3 is 0 Å². The van der Waals surface area contributed by atoms with E-state index < -0.39 is 18.3 Å². The minimum atomic E-state index is -0.869. The molecule has 0 amide bonds. The average molecular weight is 176 g/mol. The number of aliphatic hydroxyl groups excluding tert-OH is 2. The molecule has 1 fully saturated rings. The van der Waals surface area contributed by atoms with Crippen molar-refractivity contribution in [3.05, 3.63) is 0 Å². The predicted molar refractivity (Wildman–Crippen MR) is 43.4 cm³/mol. The van der Waals surface area contributed by atoms with Gasteiger partial charge in [-0.2, -0.15) is 0 Å². The van der Waals surface area contributed by atoms with Crippen molar-refractivity contribution in [1.29, 1.82) is 0 Å². The van der Waals surface area contributed by atoms with E-state index in [-0.39, 0.29) is 12.6 Å². The molecule has 1 saturated heterocycles. The van der Waals surface area contributed by atoms with E-state index in [2.05, 4.69) is 0 Å². The van der Waals surface area contributed by atoms with Crippen LogP contribution in [0, 0.1) is 0 Å². The first kappa shape index (κ1) is 9.88. The van der Waals surface area contributed by atoms with Gasteiger partial charge in [-0.15, -0.1) is 0 Å². The Hall–Kier alpha value is -0.200. The molecule has 0 unspecified atom stereocenters. The number of hydrogen-bond acceptors (Lipinski definition) is 5. The maximum absolute atomic E-state index is 9.40. The minimum absolute atomic E-state index is 0.222. The number of hydrogen-bond donors (Lipinski definition) is 4. The third kappa shape index (κ3) is 1.75. The van der Waals surface area contributed by atoms with Gasteiger partial charge in [0, 0.05) is 6.54 Å². The van der Waals surface area contributed by atoms with E-state index in [1.54, 1.807) is 0 Å². The van der Waals surface area contributed by atoms with Crippen molar-refractivity contribution in [3.8, 4) is 0 Å². The summed E-state index contributed by atoms with van der Waals surface area (Å²) in [6.45, 7) is 0.658. The first-order chi connectivity index (χ1) is 5.70. The zero-order chi connectivity index (χ0) is 9.14. The van der Waals surface area contributed by atoms with Crippen molar-refractivity contribution < 1.29 is 14.9 Å². The smallest absolute Gasteiger partial charge is 0.110 e. The monoisotopic (exact) mass is 176 g/mol. The van der Waals surface area contributed by atoms with E-state index >= 15 is 0 Å². The Morgan fingerprint density at radius 3 is 2.08 bits per heavy atom. The summed E-state index contributed by atoms with van der Waals surface area (Å²) in [6, 6.07) is 0. The van der Waals surface area contributed by atoms with Gasteiger partial charge in [0.05, 0.1) is 12.2 Å². The van der Waals surface area contributed by atoms with Gasteiger partial charge in [-0.3, -0.25) is 0 Å². The van der Waals surface area contributed by atoms with Gasteiger partial charge < -0.3 is 26.4 Å². The first-order valence-corrected chi connectivity index (χ1v) is 4.12. The average Bonchev–Trinajstić information content (AvgIpc) is 2.33. The highest BCUT2D eigenvalue weighted by Crippen LogP contribution is 2.22. The Morgan fingerprint density at radius 1 is 1.08 bits per heavy atom. The molecule has 12 heavy (non-hydrogen) atoms. The maximum Gasteiger partial charge on any atom is 0.110 e. The van der Waals surface area contributed by atoms with Gasteiger partial charge in [0.1, 0.15) is 12.2 Å². The van der Waals surface area contributed by atoms with Crippen LogP contribution in [0.2, 0.25) is 0 Å². The van der Waals surface area contributed by atoms with Crippen LogP contribution in [0.5, 0.6) is 0 Å². The van der Waals surface area contributed by atoms with E-state index in [0.29, 0.717) is 13.0 Å². The zero-order valence-electron chi connectivity index (χ0n) is 6.89. The van der Waals surface area contributed by atoms with Crippen LogP contribution in [-0.2, 0) is 4.74 Å². The molecule has 1 aliphatic rings. The van der Waals surface area contributed by atoms with Gasteiger partial charge in [0.2, 0.25) is 0 Å². The van der Waals surface area contributed by atoms with Crippen LogP contribution < -0.4 is 11.5 Å². The van der Waals surface area contributed by atoms with Crippen LogP contribution >= 0.6 is 0 Å². The number of rotatable bonds is 3. The van der Waals surface area contributed by atoms with Gasteiger partial charge in [0.15, 0.2) is 0 Å². The third-order valence-corrected chi connectivity index (χ3v) is 2.14. The van der Waals surface area contributed by atoms with Crippen molar-refractivity contribution in [2.24, 2.45) is 11.5 Å². The molecule has 1 aliphatic heterocycles. The number of aliphatic hydroxyl groups is 2. The molecule has 5 heteroatoms. The van der Waals surface area contributed by atoms with E-state index in [4.69, 9.17) is 16.2 Å². The second kappa shape index (κ2) is 4.15. The van der Waals surface area contributed by atoms with E-state index in [1.807, 2.05) is 0 Å². The SMILES string of the molecule is NCC[C@H]1O[C@H](CN)[C@@H](O)[C@@H]1O. The van der Waals surface area contributed by atoms with Crippen LogP contribution in [0.4, 0.5) is 0 Å². The molecular weight excluding hydrogens is 160 g/mol. The topological polar surface area (TPSA) is 102 Å². The normalized spacial score (nSPS) is 42.0. The Morgan fingerprint density at radius 2 is 1.67 bits per heavy atom. The maximum atomic E-state index is 9.40. The molecule has 1 rings (SSSR count). The Labute approximate surface area is 71.3 Å². The van der Waals surface area contributed by atoms with Crippen LogP contribution in [0.15, 0.2) is 0 Å². The summed E-state index contributed by atoms with van der Waals surface area (Å²) >= 11 is 0. The summed E-state index contributed by atoms with van der Waals surface area (Å²) in [7, 11) is 0. The molecule has 0 radical (unpaired) electrons. The first-order valence-electron chi connectivity index (χ1n) is 4.12. The van der Waals surface area contributed by atoms with Crippen molar-refractivity contribution in [3.63, 3.8) is 0 Å². The summed E-state index contributed by atoms with van der Waals surface area (Å²) in [6.07, 6.45) is -1.97. The van der Waals surface area contributed by atoms with Gasteiger partial charge in [-0.25, -0.2) is 0 Å². The van der Waals surface area contributed by atoms with Crippen LogP contribution in [0.1, 0.15) is 6.42 Å². The van der Waals surface area contributed by atoms with Gasteiger partial charge in [0.25, 0.3) is 0 Å². The highest BCUT2D eigenvalue weighted by atomic mass is 16.5. The fourth-order valence-electron chi connectivity index (χ4n) is 1.42. The highest BCUT2D eigenvalue weighted by Gasteiger charge is 2.40. The van der Waals surface area contributed by atoms with Gasteiger partial charge in [-0.1, -0.05) is 0 Å². The summed E-state index contributed by atoms with van der Waals surface area (Å²) in [5, 5.41) is 18.8. The molecule has 1 heterocycles. The summed E-state index contributed by atoms with van der Waals surface area (Å²) < 4.78 is 5.27. The quantitative estimate of drug-likeness (QED) is 0.390. The summed E-state index contributed by atoms with van der Waals surface area (Å²) in [4.78, 5) is 0. The Kier molecular flexibility index (Phi) is 3.42. The molecule has 4 atom stereocenters. The van der Waals surface area contributed by atoms with E-state index in [0.717, 1.165) is 0 Å². The number of ether oxygens (including phenoxy) is 1. The van der Waals surface area contributed by atoms with Crippen molar-refractivity contribution >= 4 is 0 Å². The molecule has 0 spiro atoms. The van der Waals surface area contributed by atoms with Crippen LogP contribution in [-0.4, -0.2) is 47.7 Å². The highest BCUT2D eigenvalue weighted by molar-refractivity contribution is 4.90. The second-order valence-electron chi connectivity index (χ2n) is 3.01. The molecule has 0 aromatic carbocycles. The standard InChI is InChI=1S/C7H16N2O3/c8-2-1-4-6(10)7(11)5(3-9)12-4/h4-7,10-11H,1-3,8-9H2/t4-,5-,6-,7-/m1/s1. The Balaban J connectivity index is 2.48. The molecule has 0 aromatic heterocycles. The number of nitrogens with two attached hydrogens (primary N) is 2. The summed E-state index contributed by atoms with van der Waals surface area (Å²) in [5.74, 6) is 0. The molecule has 6 N–H and O–H groups in total. The Bertz CT molecular complexity index is 145. The molecular formula is C7H16N2O3. The molecule has 0 bridgehead atoms. The van der Waals surface area contributed by atoms with Gasteiger partial charge in [-0.05, 0) is 13.0 Å². The molecule has 0 aliphatic carbocycles. The molecule has 5 nitrogen and oxygen atoms in total. The van der Waals surface area contributed by atoms with Crippen LogP contribution in [0.25, 0.3) is 0 Å². The third-order valence-electron chi connectivity index (χ3n) is 2.14. The van der Waals surface area contributed by atoms with Crippen molar-refractivity contribution in [2.45, 2.75) is 30.8 Å². The lowest BCUT2D eigenvalue weighted by Crippen LogP contribution is -2.36. The molecule has 0 saturated carbocycles.